The molecule has 0 saturated heterocycles. The molecule has 0 unspecified atom stereocenters. The Bertz CT molecular complexity index is 643. The lowest BCUT2D eigenvalue weighted by Crippen LogP contribution is -2.32. The first-order valence-electron chi connectivity index (χ1n) is 11.8. The van der Waals surface area contributed by atoms with E-state index in [0.29, 0.717) is 57.7 Å². The smallest absolute Gasteiger partial charge is 0.273 e. The van der Waals surface area contributed by atoms with Crippen LogP contribution in [0.2, 0.25) is 0 Å². The number of nitrogens with zero attached hydrogens (tertiary/aromatic N) is 2. The highest BCUT2D eigenvalue weighted by Crippen LogP contribution is 2.28. The van der Waals surface area contributed by atoms with Crippen molar-refractivity contribution in [1.29, 1.82) is 0 Å². The molecule has 1 aliphatic rings. The molecule has 0 aromatic carbocycles. The van der Waals surface area contributed by atoms with Gasteiger partial charge in [0.15, 0.2) is 5.69 Å². The fourth-order valence-corrected chi connectivity index (χ4v) is 3.84. The summed E-state index contributed by atoms with van der Waals surface area (Å²) in [6.45, 7) is 7.84. The number of oxazole rings is 1. The largest absolute Gasteiger partial charge is 0.446 e. The van der Waals surface area contributed by atoms with Crippen LogP contribution in [0.3, 0.4) is 0 Å². The molecule has 1 aromatic rings. The molecule has 1 N–H and O–H groups in total. The number of amides is 2. The lowest BCUT2D eigenvalue weighted by Gasteiger charge is -2.22. The van der Waals surface area contributed by atoms with E-state index in [-0.39, 0.29) is 24.1 Å². The average molecular weight is 438 g/mol. The van der Waals surface area contributed by atoms with Gasteiger partial charge in [-0.2, -0.15) is 0 Å². The zero-order valence-electron chi connectivity index (χ0n) is 19.2. The third-order valence-electron chi connectivity index (χ3n) is 5.58. The molecule has 1 aromatic heterocycles. The van der Waals surface area contributed by atoms with Gasteiger partial charge in [0.1, 0.15) is 6.26 Å². The van der Waals surface area contributed by atoms with Crippen LogP contribution in [0.4, 0.5) is 0 Å². The van der Waals surface area contributed by atoms with Crippen molar-refractivity contribution in [2.45, 2.75) is 71.8 Å². The fraction of sp³-hybridized carbons (Fsp3) is 0.783. The Hall–Kier alpha value is -1.93. The summed E-state index contributed by atoms with van der Waals surface area (Å²) in [5.74, 6) is 0.893. The Labute approximate surface area is 186 Å². The van der Waals surface area contributed by atoms with Crippen LogP contribution in [0.1, 0.15) is 81.6 Å². The molecular formula is C23H39N3O5. The lowest BCUT2D eigenvalue weighted by atomic mass is 10.0. The van der Waals surface area contributed by atoms with Gasteiger partial charge in [-0.15, -0.1) is 0 Å². The summed E-state index contributed by atoms with van der Waals surface area (Å²) < 4.78 is 16.2. The Morgan fingerprint density at radius 1 is 1.16 bits per heavy atom. The maximum atomic E-state index is 12.9. The van der Waals surface area contributed by atoms with Gasteiger partial charge < -0.3 is 24.1 Å². The third kappa shape index (κ3) is 9.82. The summed E-state index contributed by atoms with van der Waals surface area (Å²) in [6.07, 6.45) is 9.39. The number of ether oxygens (including phenoxy) is 2. The van der Waals surface area contributed by atoms with Crippen molar-refractivity contribution in [1.82, 2.24) is 15.2 Å². The minimum absolute atomic E-state index is 0.114. The van der Waals surface area contributed by atoms with Crippen LogP contribution >= 0.6 is 0 Å². The summed E-state index contributed by atoms with van der Waals surface area (Å²) in [6, 6.07) is 0. The second kappa shape index (κ2) is 15.0. The van der Waals surface area contributed by atoms with Crippen LogP contribution in [0, 0.1) is 5.92 Å². The van der Waals surface area contributed by atoms with Crippen LogP contribution in [-0.4, -0.2) is 61.2 Å². The minimum Gasteiger partial charge on any atom is -0.446 e. The van der Waals surface area contributed by atoms with E-state index in [1.807, 2.05) is 13.8 Å². The number of aromatic nitrogens is 1. The molecule has 1 aliphatic carbocycles. The third-order valence-corrected chi connectivity index (χ3v) is 5.58. The number of rotatable bonds is 16. The predicted molar refractivity (Wildman–Crippen MR) is 118 cm³/mol. The quantitative estimate of drug-likeness (QED) is 0.398. The monoisotopic (exact) mass is 437 g/mol. The SMILES string of the molecule is CCOCCCNC(=O)c1coc(CN(CCCOCC)C(=O)CCC2CCCC2)n1. The topological polar surface area (TPSA) is 93.9 Å². The number of hydrogen-bond donors (Lipinski definition) is 1. The molecule has 31 heavy (non-hydrogen) atoms. The van der Waals surface area contributed by atoms with Crippen LogP contribution in [0.15, 0.2) is 10.7 Å². The zero-order chi connectivity index (χ0) is 22.3. The molecule has 0 atom stereocenters. The van der Waals surface area contributed by atoms with Crippen LogP contribution in [0.5, 0.6) is 0 Å². The van der Waals surface area contributed by atoms with Gasteiger partial charge in [0.25, 0.3) is 5.91 Å². The molecule has 0 spiro atoms. The molecular weight excluding hydrogens is 398 g/mol. The van der Waals surface area contributed by atoms with Crippen molar-refractivity contribution < 1.29 is 23.5 Å². The summed E-state index contributed by atoms with van der Waals surface area (Å²) in [7, 11) is 0. The maximum Gasteiger partial charge on any atom is 0.273 e. The number of carbonyl (C=O) groups excluding carboxylic acids is 2. The molecule has 2 rings (SSSR count). The second-order valence-electron chi connectivity index (χ2n) is 7.99. The molecule has 0 radical (unpaired) electrons. The molecule has 0 bridgehead atoms. The van der Waals surface area contributed by atoms with Gasteiger partial charge in [-0.1, -0.05) is 25.7 Å². The Kier molecular flexibility index (Phi) is 12.2. The Balaban J connectivity index is 1.85. The molecule has 1 heterocycles. The van der Waals surface area contributed by atoms with Gasteiger partial charge in [0.05, 0.1) is 6.54 Å². The standard InChI is InChI=1S/C23H39N3O5/c1-3-29-15-7-13-24-23(28)20-18-31-21(25-20)17-26(14-8-16-30-4-2)22(27)12-11-19-9-5-6-10-19/h18-19H,3-17H2,1-2H3,(H,24,28). The van der Waals surface area contributed by atoms with Gasteiger partial charge in [0, 0.05) is 45.9 Å². The van der Waals surface area contributed by atoms with Crippen molar-refractivity contribution in [3.8, 4) is 0 Å². The van der Waals surface area contributed by atoms with Gasteiger partial charge >= 0.3 is 0 Å². The first-order chi connectivity index (χ1) is 15.1. The first kappa shape index (κ1) is 25.3. The number of nitrogens with one attached hydrogen (secondary N) is 1. The van der Waals surface area contributed by atoms with Crippen LogP contribution in [-0.2, 0) is 20.8 Å². The van der Waals surface area contributed by atoms with Gasteiger partial charge in [-0.3, -0.25) is 9.59 Å². The van der Waals surface area contributed by atoms with E-state index in [1.54, 1.807) is 4.90 Å². The first-order valence-corrected chi connectivity index (χ1v) is 11.8. The summed E-state index contributed by atoms with van der Waals surface area (Å²) in [4.78, 5) is 31.2. The van der Waals surface area contributed by atoms with Crippen molar-refractivity contribution in [3.63, 3.8) is 0 Å². The van der Waals surface area contributed by atoms with Crippen molar-refractivity contribution in [3.05, 3.63) is 17.8 Å². The second-order valence-corrected chi connectivity index (χ2v) is 7.99. The molecule has 0 aliphatic heterocycles. The summed E-state index contributed by atoms with van der Waals surface area (Å²) >= 11 is 0. The van der Waals surface area contributed by atoms with E-state index in [1.165, 1.54) is 31.9 Å². The minimum atomic E-state index is -0.276. The molecule has 8 heteroatoms. The summed E-state index contributed by atoms with van der Waals surface area (Å²) in [5, 5.41) is 2.81. The van der Waals surface area contributed by atoms with Crippen molar-refractivity contribution in [2.75, 3.05) is 39.5 Å². The van der Waals surface area contributed by atoms with Crippen molar-refractivity contribution in [2.24, 2.45) is 5.92 Å². The van der Waals surface area contributed by atoms with E-state index in [0.717, 1.165) is 19.3 Å². The predicted octanol–water partition coefficient (Wildman–Crippen LogP) is 3.56. The Morgan fingerprint density at radius 2 is 1.87 bits per heavy atom. The van der Waals surface area contributed by atoms with Crippen LogP contribution in [0.25, 0.3) is 0 Å². The highest BCUT2D eigenvalue weighted by molar-refractivity contribution is 5.91. The van der Waals surface area contributed by atoms with Gasteiger partial charge in [-0.25, -0.2) is 4.98 Å². The van der Waals surface area contributed by atoms with Crippen LogP contribution < -0.4 is 5.32 Å². The molecule has 8 nitrogen and oxygen atoms in total. The summed E-state index contributed by atoms with van der Waals surface area (Å²) in [5.41, 5.74) is 0.235. The number of hydrogen-bond acceptors (Lipinski definition) is 6. The molecule has 1 saturated carbocycles. The van der Waals surface area contributed by atoms with E-state index in [2.05, 4.69) is 10.3 Å². The van der Waals surface area contributed by atoms with E-state index in [4.69, 9.17) is 13.9 Å². The molecule has 2 amide bonds. The van der Waals surface area contributed by atoms with E-state index < -0.39 is 0 Å². The van der Waals surface area contributed by atoms with Gasteiger partial charge in [-0.05, 0) is 39.0 Å². The van der Waals surface area contributed by atoms with E-state index >= 15 is 0 Å². The lowest BCUT2D eigenvalue weighted by molar-refractivity contribution is -0.132. The number of carbonyl (C=O) groups is 2. The highest BCUT2D eigenvalue weighted by Gasteiger charge is 2.21. The fourth-order valence-electron chi connectivity index (χ4n) is 3.84. The Morgan fingerprint density at radius 3 is 2.58 bits per heavy atom. The normalized spacial score (nSPS) is 14.1. The highest BCUT2D eigenvalue weighted by atomic mass is 16.5. The average Bonchev–Trinajstić information content (AvgIpc) is 3.46. The van der Waals surface area contributed by atoms with Gasteiger partial charge in [0.2, 0.25) is 11.8 Å². The molecule has 1 fully saturated rings. The zero-order valence-corrected chi connectivity index (χ0v) is 19.2. The van der Waals surface area contributed by atoms with Crippen molar-refractivity contribution >= 4 is 11.8 Å². The maximum absolute atomic E-state index is 12.9. The van der Waals surface area contributed by atoms with E-state index in [9.17, 15) is 9.59 Å². The molecule has 176 valence electrons.